The molecule has 0 aromatic rings. The summed E-state index contributed by atoms with van der Waals surface area (Å²) < 4.78 is 5.06. The van der Waals surface area contributed by atoms with Crippen LogP contribution >= 0.6 is 13.5 Å². The van der Waals surface area contributed by atoms with Crippen LogP contribution in [0.1, 0.15) is 6.92 Å². The first-order chi connectivity index (χ1) is 5.16. The van der Waals surface area contributed by atoms with Gasteiger partial charge in [-0.25, -0.2) is 0 Å². The maximum absolute atomic E-state index is 9.31. The summed E-state index contributed by atoms with van der Waals surface area (Å²) in [5, 5.41) is 27.2. The smallest absolute Gasteiger partial charge is 0.109 e. The molecule has 0 radical (unpaired) electrons. The lowest BCUT2D eigenvalue weighted by atomic mass is 9.94. The van der Waals surface area contributed by atoms with E-state index in [0.717, 1.165) is 0 Å². The second kappa shape index (κ2) is 5.04. The maximum atomic E-state index is 9.31. The van der Waals surface area contributed by atoms with Gasteiger partial charge in [0.15, 0.2) is 0 Å². The highest BCUT2D eigenvalue weighted by Gasteiger charge is 2.35. The van der Waals surface area contributed by atoms with E-state index in [9.17, 15) is 10.2 Å². The quantitative estimate of drug-likeness (QED) is 0.495. The van der Waals surface area contributed by atoms with Crippen molar-refractivity contribution >= 4 is 13.5 Å². The van der Waals surface area contributed by atoms with E-state index in [1.54, 1.807) is 6.92 Å². The minimum absolute atomic E-state index is 0. The van der Waals surface area contributed by atoms with Gasteiger partial charge in [0.1, 0.15) is 12.2 Å². The second-order valence-electron chi connectivity index (χ2n) is 3.01. The number of ether oxygens (including phenoxy) is 1. The van der Waals surface area contributed by atoms with Gasteiger partial charge in [-0.15, -0.1) is 0 Å². The van der Waals surface area contributed by atoms with Crippen LogP contribution in [0.25, 0.3) is 0 Å². The molecule has 74 valence electrons. The highest BCUT2D eigenvalue weighted by atomic mass is 32.1. The molecule has 4 atom stereocenters. The van der Waals surface area contributed by atoms with Gasteiger partial charge >= 0.3 is 0 Å². The second-order valence-corrected chi connectivity index (χ2v) is 3.01. The van der Waals surface area contributed by atoms with Gasteiger partial charge in [0.25, 0.3) is 0 Å². The van der Waals surface area contributed by atoms with Crippen LogP contribution in [0.4, 0.5) is 0 Å². The van der Waals surface area contributed by atoms with Gasteiger partial charge in [0.05, 0.1) is 19.3 Å². The number of aliphatic hydroxyl groups excluding tert-OH is 3. The van der Waals surface area contributed by atoms with Crippen LogP contribution in [0.2, 0.25) is 0 Å². The first-order valence-corrected chi connectivity index (χ1v) is 3.75. The molecule has 1 aliphatic heterocycles. The van der Waals surface area contributed by atoms with E-state index in [0.29, 0.717) is 6.61 Å². The monoisotopic (exact) mass is 196 g/mol. The molecule has 1 heterocycles. The van der Waals surface area contributed by atoms with Crippen molar-refractivity contribution in [2.75, 3.05) is 13.2 Å². The molecule has 5 heteroatoms. The summed E-state index contributed by atoms with van der Waals surface area (Å²) >= 11 is 0. The SMILES string of the molecule is CC1COC(CO)C(O)C1O.S. The zero-order chi connectivity index (χ0) is 8.43. The minimum atomic E-state index is -0.955. The molecule has 0 bridgehead atoms. The molecular weight excluding hydrogens is 180 g/mol. The van der Waals surface area contributed by atoms with Gasteiger partial charge in [-0.2, -0.15) is 13.5 Å². The molecule has 0 saturated carbocycles. The number of rotatable bonds is 1. The van der Waals surface area contributed by atoms with Crippen LogP contribution in [0, 0.1) is 5.92 Å². The fourth-order valence-corrected chi connectivity index (χ4v) is 1.19. The van der Waals surface area contributed by atoms with Crippen molar-refractivity contribution in [2.24, 2.45) is 5.92 Å². The highest BCUT2D eigenvalue weighted by molar-refractivity contribution is 7.59. The highest BCUT2D eigenvalue weighted by Crippen LogP contribution is 2.19. The molecule has 12 heavy (non-hydrogen) atoms. The Morgan fingerprint density at radius 1 is 1.33 bits per heavy atom. The molecule has 0 aromatic heterocycles. The van der Waals surface area contributed by atoms with Crippen LogP contribution in [0.3, 0.4) is 0 Å². The minimum Gasteiger partial charge on any atom is -0.394 e. The molecule has 4 nitrogen and oxygen atoms in total. The largest absolute Gasteiger partial charge is 0.394 e. The van der Waals surface area contributed by atoms with Crippen molar-refractivity contribution in [1.29, 1.82) is 0 Å². The summed E-state index contributed by atoms with van der Waals surface area (Å²) in [4.78, 5) is 0. The van der Waals surface area contributed by atoms with Crippen LogP contribution in [0.5, 0.6) is 0 Å². The zero-order valence-electron chi connectivity index (χ0n) is 6.97. The number of hydrogen-bond acceptors (Lipinski definition) is 4. The fraction of sp³-hybridized carbons (Fsp3) is 1.00. The molecule has 4 unspecified atom stereocenters. The number of aliphatic hydroxyl groups is 3. The van der Waals surface area contributed by atoms with E-state index >= 15 is 0 Å². The third-order valence-corrected chi connectivity index (χ3v) is 2.07. The van der Waals surface area contributed by atoms with E-state index in [4.69, 9.17) is 9.84 Å². The first kappa shape index (κ1) is 12.2. The molecule has 0 spiro atoms. The van der Waals surface area contributed by atoms with Gasteiger partial charge in [0, 0.05) is 5.92 Å². The first-order valence-electron chi connectivity index (χ1n) is 3.75. The molecule has 0 amide bonds. The topological polar surface area (TPSA) is 69.9 Å². The average molecular weight is 196 g/mol. The zero-order valence-corrected chi connectivity index (χ0v) is 7.97. The Kier molecular flexibility index (Phi) is 5.12. The van der Waals surface area contributed by atoms with Crippen LogP contribution in [0.15, 0.2) is 0 Å². The third-order valence-electron chi connectivity index (χ3n) is 2.07. The summed E-state index contributed by atoms with van der Waals surface area (Å²) in [6, 6.07) is 0. The summed E-state index contributed by atoms with van der Waals surface area (Å²) in [5.41, 5.74) is 0. The lowest BCUT2D eigenvalue weighted by Crippen LogP contribution is -2.50. The lowest BCUT2D eigenvalue weighted by molar-refractivity contribution is -0.170. The van der Waals surface area contributed by atoms with Gasteiger partial charge in [-0.05, 0) is 0 Å². The standard InChI is InChI=1S/C7H14O4.H2S/c1-4-3-11-5(2-8)7(10)6(4)9;/h4-10H,2-3H2,1H3;1H2. The third kappa shape index (κ3) is 2.34. The predicted octanol–water partition coefficient (Wildman–Crippen LogP) is -1.15. The number of hydrogen-bond donors (Lipinski definition) is 3. The summed E-state index contributed by atoms with van der Waals surface area (Å²) in [6.07, 6.45) is -2.36. The van der Waals surface area contributed by atoms with Crippen molar-refractivity contribution in [3.05, 3.63) is 0 Å². The Hall–Kier alpha value is 0.190. The molecule has 1 fully saturated rings. The van der Waals surface area contributed by atoms with E-state index in [-0.39, 0.29) is 26.0 Å². The Bertz CT molecular complexity index is 131. The molecule has 1 aliphatic rings. The van der Waals surface area contributed by atoms with E-state index in [1.165, 1.54) is 0 Å². The van der Waals surface area contributed by atoms with Crippen molar-refractivity contribution in [3.63, 3.8) is 0 Å². The van der Waals surface area contributed by atoms with Gasteiger partial charge in [-0.1, -0.05) is 6.92 Å². The Balaban J connectivity index is 0.00000121. The van der Waals surface area contributed by atoms with Gasteiger partial charge in [-0.3, -0.25) is 0 Å². The van der Waals surface area contributed by atoms with Gasteiger partial charge < -0.3 is 20.1 Å². The summed E-state index contributed by atoms with van der Waals surface area (Å²) in [5.74, 6) is -0.0622. The molecule has 0 aromatic carbocycles. The van der Waals surface area contributed by atoms with Crippen molar-refractivity contribution in [2.45, 2.75) is 25.2 Å². The van der Waals surface area contributed by atoms with E-state index < -0.39 is 18.3 Å². The molecular formula is C7H16O4S. The van der Waals surface area contributed by atoms with Crippen molar-refractivity contribution in [1.82, 2.24) is 0 Å². The van der Waals surface area contributed by atoms with Crippen molar-refractivity contribution in [3.8, 4) is 0 Å². The Morgan fingerprint density at radius 2 is 1.92 bits per heavy atom. The van der Waals surface area contributed by atoms with Crippen LogP contribution < -0.4 is 0 Å². The molecule has 1 saturated heterocycles. The fourth-order valence-electron chi connectivity index (χ4n) is 1.19. The Morgan fingerprint density at radius 3 is 2.42 bits per heavy atom. The Labute approximate surface area is 78.6 Å². The summed E-state index contributed by atoms with van der Waals surface area (Å²) in [6.45, 7) is 1.94. The van der Waals surface area contributed by atoms with Crippen molar-refractivity contribution < 1.29 is 20.1 Å². The lowest BCUT2D eigenvalue weighted by Gasteiger charge is -2.35. The summed E-state index contributed by atoms with van der Waals surface area (Å²) in [7, 11) is 0. The normalized spacial score (nSPS) is 42.0. The average Bonchev–Trinajstić information content (AvgIpc) is 2.01. The van der Waals surface area contributed by atoms with E-state index in [1.807, 2.05) is 0 Å². The molecule has 1 rings (SSSR count). The van der Waals surface area contributed by atoms with Crippen LogP contribution in [-0.4, -0.2) is 46.8 Å². The van der Waals surface area contributed by atoms with Gasteiger partial charge in [0.2, 0.25) is 0 Å². The predicted molar refractivity (Wildman–Crippen MR) is 48.4 cm³/mol. The molecule has 0 aliphatic carbocycles. The van der Waals surface area contributed by atoms with E-state index in [2.05, 4.69) is 0 Å². The van der Waals surface area contributed by atoms with Crippen LogP contribution in [-0.2, 0) is 4.74 Å². The maximum Gasteiger partial charge on any atom is 0.109 e. The molecule has 3 N–H and O–H groups in total.